The quantitative estimate of drug-likeness (QED) is 0.437. The van der Waals surface area contributed by atoms with Crippen molar-refractivity contribution in [3.63, 3.8) is 0 Å². The average Bonchev–Trinajstić information content (AvgIpc) is 3.21. The number of aromatic nitrogens is 2. The molecule has 2 amide bonds. The van der Waals surface area contributed by atoms with Crippen LogP contribution >= 0.6 is 0 Å². The molecule has 0 spiro atoms. The summed E-state index contributed by atoms with van der Waals surface area (Å²) < 4.78 is 46.9. The minimum absolute atomic E-state index is 0.0540. The third-order valence-electron chi connectivity index (χ3n) is 5.99. The van der Waals surface area contributed by atoms with Gasteiger partial charge in [-0.15, -0.1) is 0 Å². The number of rotatable bonds is 6. The van der Waals surface area contributed by atoms with Gasteiger partial charge in [0.05, 0.1) is 30.2 Å². The first-order valence-electron chi connectivity index (χ1n) is 11.3. The number of aryl methyl sites for hydroxylation is 2. The standard InChI is InChI=1S/C23H26F3N7O3/c1-12-9-15-16(10-13(12)2)31-21(30-15)17(19(27)34)20-29-11-14(18(32-20)23(24,25)26)22(35)28-3-4-33-5-7-36-8-6-33/h9-11,30-31H,3-8H2,1-2H3,(H2,27,34)(H,28,35). The smallest absolute Gasteiger partial charge is 0.379 e. The lowest BCUT2D eigenvalue weighted by molar-refractivity contribution is -0.141. The van der Waals surface area contributed by atoms with Crippen LogP contribution in [0, 0.1) is 13.8 Å². The summed E-state index contributed by atoms with van der Waals surface area (Å²) in [5.41, 5.74) is 6.13. The topological polar surface area (TPSA) is 134 Å². The molecule has 5 N–H and O–H groups in total. The van der Waals surface area contributed by atoms with Crippen molar-refractivity contribution in [3.05, 3.63) is 52.4 Å². The SMILES string of the molecule is Cc1cc2c(cc1C)NC(=C(C(N)=O)c1ncc(C(=O)NCCN3CCOCC3)c(C(F)(F)F)n1)N2. The largest absolute Gasteiger partial charge is 0.434 e. The first-order valence-corrected chi connectivity index (χ1v) is 11.3. The molecule has 4 rings (SSSR count). The van der Waals surface area contributed by atoms with Crippen LogP contribution in [-0.2, 0) is 15.7 Å². The number of anilines is 2. The number of nitrogens with two attached hydrogens (primary N) is 1. The van der Waals surface area contributed by atoms with E-state index in [9.17, 15) is 22.8 Å². The maximum atomic E-state index is 13.9. The van der Waals surface area contributed by atoms with Gasteiger partial charge in [-0.1, -0.05) is 0 Å². The first-order chi connectivity index (χ1) is 17.0. The third kappa shape index (κ3) is 5.41. The maximum absolute atomic E-state index is 13.9. The summed E-state index contributed by atoms with van der Waals surface area (Å²) in [5, 5.41) is 8.38. The zero-order valence-corrected chi connectivity index (χ0v) is 19.8. The molecule has 0 bridgehead atoms. The highest BCUT2D eigenvalue weighted by atomic mass is 19.4. The molecule has 0 atom stereocenters. The minimum Gasteiger partial charge on any atom is -0.379 e. The summed E-state index contributed by atoms with van der Waals surface area (Å²) in [6.07, 6.45) is -4.22. The number of hydrogen-bond acceptors (Lipinski definition) is 8. The number of amides is 2. The number of primary amides is 1. The molecule has 1 aromatic heterocycles. The second-order valence-corrected chi connectivity index (χ2v) is 8.51. The molecule has 0 saturated carbocycles. The van der Waals surface area contributed by atoms with Crippen molar-refractivity contribution in [2.75, 3.05) is 50.0 Å². The van der Waals surface area contributed by atoms with E-state index in [1.54, 1.807) is 0 Å². The molecule has 36 heavy (non-hydrogen) atoms. The van der Waals surface area contributed by atoms with Crippen molar-refractivity contribution in [1.82, 2.24) is 20.2 Å². The molecule has 1 fully saturated rings. The molecule has 192 valence electrons. The van der Waals surface area contributed by atoms with Crippen LogP contribution in [0.15, 0.2) is 24.2 Å². The van der Waals surface area contributed by atoms with Gasteiger partial charge in [0, 0.05) is 32.4 Å². The number of fused-ring (bicyclic) bond motifs is 1. The summed E-state index contributed by atoms with van der Waals surface area (Å²) in [6.45, 7) is 6.88. The highest BCUT2D eigenvalue weighted by Gasteiger charge is 2.39. The van der Waals surface area contributed by atoms with Crippen LogP contribution in [0.4, 0.5) is 24.5 Å². The number of hydrogen-bond donors (Lipinski definition) is 4. The highest BCUT2D eigenvalue weighted by molar-refractivity contribution is 6.20. The fraction of sp³-hybridized carbons (Fsp3) is 0.391. The number of ether oxygens (including phenoxy) is 1. The Morgan fingerprint density at radius 1 is 1.14 bits per heavy atom. The third-order valence-corrected chi connectivity index (χ3v) is 5.99. The van der Waals surface area contributed by atoms with Crippen LogP contribution in [-0.4, -0.2) is 66.1 Å². The van der Waals surface area contributed by atoms with E-state index in [1.165, 1.54) is 0 Å². The summed E-state index contributed by atoms with van der Waals surface area (Å²) >= 11 is 0. The molecule has 2 aliphatic rings. The number of benzene rings is 1. The van der Waals surface area contributed by atoms with E-state index < -0.39 is 35.1 Å². The van der Waals surface area contributed by atoms with Gasteiger partial charge in [-0.3, -0.25) is 14.5 Å². The van der Waals surface area contributed by atoms with Crippen molar-refractivity contribution in [2.24, 2.45) is 5.73 Å². The molecule has 1 saturated heterocycles. The molecule has 2 aliphatic heterocycles. The van der Waals surface area contributed by atoms with Crippen molar-refractivity contribution in [1.29, 1.82) is 0 Å². The van der Waals surface area contributed by atoms with Crippen LogP contribution in [0.2, 0.25) is 0 Å². The molecule has 2 aromatic rings. The molecular formula is C23H26F3N7O3. The van der Waals surface area contributed by atoms with Gasteiger partial charge in [0.25, 0.3) is 11.8 Å². The molecule has 0 aliphatic carbocycles. The lowest BCUT2D eigenvalue weighted by Gasteiger charge is -2.26. The van der Waals surface area contributed by atoms with E-state index >= 15 is 0 Å². The van der Waals surface area contributed by atoms with Crippen LogP contribution in [0.1, 0.15) is 33.0 Å². The molecular weight excluding hydrogens is 479 g/mol. The molecule has 1 aromatic carbocycles. The molecule has 0 unspecified atom stereocenters. The fourth-order valence-electron chi connectivity index (χ4n) is 3.93. The predicted molar refractivity (Wildman–Crippen MR) is 126 cm³/mol. The number of nitrogens with one attached hydrogen (secondary N) is 3. The number of halogens is 3. The Bertz CT molecular complexity index is 1190. The van der Waals surface area contributed by atoms with Gasteiger partial charge in [-0.2, -0.15) is 13.2 Å². The number of nitrogens with zero attached hydrogens (tertiary/aromatic N) is 3. The van der Waals surface area contributed by atoms with Crippen molar-refractivity contribution < 1.29 is 27.5 Å². The lowest BCUT2D eigenvalue weighted by atomic mass is 10.1. The van der Waals surface area contributed by atoms with Crippen molar-refractivity contribution >= 4 is 28.8 Å². The lowest BCUT2D eigenvalue weighted by Crippen LogP contribution is -2.41. The van der Waals surface area contributed by atoms with Gasteiger partial charge >= 0.3 is 6.18 Å². The number of morpholine rings is 1. The summed E-state index contributed by atoms with van der Waals surface area (Å²) in [5.74, 6) is -2.51. The predicted octanol–water partition coefficient (Wildman–Crippen LogP) is 1.87. The van der Waals surface area contributed by atoms with Gasteiger partial charge < -0.3 is 26.4 Å². The molecule has 13 heteroatoms. The molecule has 10 nitrogen and oxygen atoms in total. The van der Waals surface area contributed by atoms with Gasteiger partial charge in [0.15, 0.2) is 11.5 Å². The number of carbonyl (C=O) groups is 2. The van der Waals surface area contributed by atoms with Crippen LogP contribution in [0.3, 0.4) is 0 Å². The minimum atomic E-state index is -4.98. The Morgan fingerprint density at radius 3 is 2.31 bits per heavy atom. The van der Waals surface area contributed by atoms with E-state index in [4.69, 9.17) is 10.5 Å². The van der Waals surface area contributed by atoms with Crippen molar-refractivity contribution in [3.8, 4) is 0 Å². The average molecular weight is 506 g/mol. The van der Waals surface area contributed by atoms with Gasteiger partial charge in [0.1, 0.15) is 11.4 Å². The van der Waals surface area contributed by atoms with E-state index in [0.717, 1.165) is 17.3 Å². The Morgan fingerprint density at radius 2 is 1.75 bits per heavy atom. The van der Waals surface area contributed by atoms with Gasteiger partial charge in [-0.05, 0) is 37.1 Å². The fourth-order valence-corrected chi connectivity index (χ4v) is 3.93. The van der Waals surface area contributed by atoms with E-state index in [2.05, 4.69) is 25.9 Å². The van der Waals surface area contributed by atoms with E-state index in [0.29, 0.717) is 44.2 Å². The summed E-state index contributed by atoms with van der Waals surface area (Å²) in [6, 6.07) is 3.66. The Kier molecular flexibility index (Phi) is 7.13. The normalized spacial score (nSPS) is 15.6. The van der Waals surface area contributed by atoms with Crippen LogP contribution in [0.5, 0.6) is 0 Å². The Labute approximate surface area is 205 Å². The van der Waals surface area contributed by atoms with Crippen LogP contribution < -0.4 is 21.7 Å². The molecule has 0 radical (unpaired) electrons. The highest BCUT2D eigenvalue weighted by Crippen LogP contribution is 2.36. The summed E-state index contributed by atoms with van der Waals surface area (Å²) in [4.78, 5) is 34.3. The molecule has 3 heterocycles. The van der Waals surface area contributed by atoms with E-state index in [1.807, 2.05) is 30.9 Å². The summed E-state index contributed by atoms with van der Waals surface area (Å²) in [7, 11) is 0. The van der Waals surface area contributed by atoms with Crippen LogP contribution in [0.25, 0.3) is 5.57 Å². The van der Waals surface area contributed by atoms with E-state index in [-0.39, 0.29) is 17.9 Å². The maximum Gasteiger partial charge on any atom is 0.434 e. The second kappa shape index (κ2) is 10.1. The zero-order chi connectivity index (χ0) is 26.0. The monoisotopic (exact) mass is 505 g/mol. The first kappa shape index (κ1) is 25.4. The number of carbonyl (C=O) groups excluding carboxylic acids is 2. The van der Waals surface area contributed by atoms with Gasteiger partial charge in [-0.25, -0.2) is 9.97 Å². The number of alkyl halides is 3. The van der Waals surface area contributed by atoms with Gasteiger partial charge in [0.2, 0.25) is 0 Å². The zero-order valence-electron chi connectivity index (χ0n) is 19.8. The second-order valence-electron chi connectivity index (χ2n) is 8.51. The Balaban J connectivity index is 1.61. The Hall–Kier alpha value is -3.71. The van der Waals surface area contributed by atoms with Crippen molar-refractivity contribution in [2.45, 2.75) is 20.0 Å².